The molecular formula is C24H36O3. The van der Waals surface area contributed by atoms with E-state index in [-0.39, 0.29) is 0 Å². The number of rotatable bonds is 6. The molecule has 0 saturated heterocycles. The van der Waals surface area contributed by atoms with Crippen LogP contribution in [0.1, 0.15) is 142 Å². The Bertz CT molecular complexity index is 1800. The molecule has 1 aliphatic heterocycles. The van der Waals surface area contributed by atoms with E-state index in [1.54, 1.807) is 0 Å². The molecule has 1 fully saturated rings. The quantitative estimate of drug-likeness (QED) is 0.611. The number of carbonyl (C=O) groups is 1. The highest BCUT2D eigenvalue weighted by atomic mass is 16.5. The van der Waals surface area contributed by atoms with Gasteiger partial charge in [-0.05, 0) is 49.7 Å². The molecule has 0 amide bonds. The predicted octanol–water partition coefficient (Wildman–Crippen LogP) is 6.26. The fraction of sp³-hybridized carbons (Fsp3) is 0.708. The summed E-state index contributed by atoms with van der Waals surface area (Å²) in [7, 11) is 0. The molecular weight excluding hydrogens is 336 g/mol. The molecule has 2 atom stereocenters. The molecule has 0 radical (unpaired) electrons. The van der Waals surface area contributed by atoms with Gasteiger partial charge in [0.1, 0.15) is 22.9 Å². The van der Waals surface area contributed by atoms with Gasteiger partial charge in [-0.2, -0.15) is 0 Å². The zero-order valence-electron chi connectivity index (χ0n) is 43.3. The molecule has 1 aromatic rings. The number of hydrogen-bond acceptors (Lipinski definition) is 3. The topological polar surface area (TPSA) is 46.5 Å². The van der Waals surface area contributed by atoms with Crippen molar-refractivity contribution in [2.75, 3.05) is 0 Å². The van der Waals surface area contributed by atoms with E-state index < -0.39 is 135 Å². The summed E-state index contributed by atoms with van der Waals surface area (Å²) in [6.45, 7) is -12.2. The van der Waals surface area contributed by atoms with E-state index in [1.165, 1.54) is 0 Å². The first-order valence-electron chi connectivity index (χ1n) is 22.1. The Labute approximate surface area is 205 Å². The minimum Gasteiger partial charge on any atom is -0.508 e. The van der Waals surface area contributed by atoms with Crippen LogP contribution in [0.4, 0.5) is 0 Å². The van der Waals surface area contributed by atoms with Crippen molar-refractivity contribution in [3.8, 4) is 11.5 Å². The Morgan fingerprint density at radius 1 is 1.44 bits per heavy atom. The molecule has 1 saturated carbocycles. The fourth-order valence-electron chi connectivity index (χ4n) is 2.58. The highest BCUT2D eigenvalue weighted by Crippen LogP contribution is 2.54. The van der Waals surface area contributed by atoms with E-state index in [0.29, 0.717) is 13.8 Å². The summed E-state index contributed by atoms with van der Waals surface area (Å²) < 4.78 is 249. The summed E-state index contributed by atoms with van der Waals surface area (Å²) in [4.78, 5) is 13.3. The molecule has 0 spiro atoms. The van der Waals surface area contributed by atoms with Crippen molar-refractivity contribution < 1.29 is 54.4 Å². The Balaban J connectivity index is 2.76. The van der Waals surface area contributed by atoms with Crippen LogP contribution in [0.2, 0.25) is 0 Å². The van der Waals surface area contributed by atoms with E-state index in [0.717, 1.165) is 0 Å². The van der Waals surface area contributed by atoms with Crippen molar-refractivity contribution in [1.82, 2.24) is 0 Å². The fourth-order valence-corrected chi connectivity index (χ4v) is 2.58. The molecule has 1 aliphatic carbocycles. The average molecular weight is 402 g/mol. The Morgan fingerprint density at radius 2 is 2.26 bits per heavy atom. The average Bonchev–Trinajstić information content (AvgIpc) is 2.96. The second-order valence-electron chi connectivity index (χ2n) is 6.12. The lowest BCUT2D eigenvalue weighted by molar-refractivity contribution is -0.124. The molecule has 27 heavy (non-hydrogen) atoms. The predicted molar refractivity (Wildman–Crippen MR) is 110 cm³/mol. The van der Waals surface area contributed by atoms with Gasteiger partial charge in [0, 0.05) is 67.1 Å². The lowest BCUT2D eigenvalue weighted by Gasteiger charge is -2.47. The van der Waals surface area contributed by atoms with Crippen LogP contribution >= 0.6 is 0 Å². The zero-order valence-corrected chi connectivity index (χ0v) is 14.3. The number of Topliss-reactive ketones (excluding diaryl/α,β-unsaturated/α-hetero) is 1. The van der Waals surface area contributed by atoms with Crippen molar-refractivity contribution in [1.29, 1.82) is 0 Å². The van der Waals surface area contributed by atoms with Gasteiger partial charge in [0.15, 0.2) is 0 Å². The van der Waals surface area contributed by atoms with Crippen LogP contribution < -0.4 is 4.74 Å². The van der Waals surface area contributed by atoms with Gasteiger partial charge in [-0.15, -0.1) is 0 Å². The number of hydrogen-bond donors (Lipinski definition) is 1. The third-order valence-electron chi connectivity index (χ3n) is 3.76. The molecule has 150 valence electrons. The number of ether oxygens (including phenoxy) is 1. The summed E-state index contributed by atoms with van der Waals surface area (Å²) in [5, 5.41) is 11.6. The zero-order chi connectivity index (χ0) is 45.2. The van der Waals surface area contributed by atoms with E-state index in [1.807, 2.05) is 0 Å². The number of ketones is 1. The van der Waals surface area contributed by atoms with Crippen molar-refractivity contribution in [2.24, 2.45) is 5.89 Å². The van der Waals surface area contributed by atoms with Crippen LogP contribution in [0.15, 0.2) is 12.1 Å². The molecule has 3 heteroatoms. The summed E-state index contributed by atoms with van der Waals surface area (Å²) in [5.41, 5.74) is -11.7. The Morgan fingerprint density at radius 3 is 3.00 bits per heavy atom. The monoisotopic (exact) mass is 401 g/mol. The van der Waals surface area contributed by atoms with Gasteiger partial charge < -0.3 is 9.84 Å². The Hall–Kier alpha value is -1.51. The summed E-state index contributed by atoms with van der Waals surface area (Å²) in [6.07, 6.45) is -36.3. The van der Waals surface area contributed by atoms with Gasteiger partial charge in [-0.3, -0.25) is 4.79 Å². The molecule has 0 unspecified atom stereocenters. The first kappa shape index (κ1) is 4.79. The van der Waals surface area contributed by atoms with Gasteiger partial charge >= 0.3 is 0 Å². The normalized spacial score (nSPS) is 55.0. The maximum atomic E-state index is 13.3. The van der Waals surface area contributed by atoms with E-state index in [2.05, 4.69) is 0 Å². The molecule has 3 rings (SSSR count). The molecule has 0 bridgehead atoms. The van der Waals surface area contributed by atoms with Crippen LogP contribution in [0.25, 0.3) is 0 Å². The molecule has 1 N–H and O–H groups in total. The lowest BCUT2D eigenvalue weighted by atomic mass is 9.66. The van der Waals surface area contributed by atoms with Gasteiger partial charge in [-0.25, -0.2) is 0 Å². The second kappa shape index (κ2) is 7.48. The van der Waals surface area contributed by atoms with Crippen molar-refractivity contribution >= 4 is 5.78 Å². The minimum atomic E-state index is -5.13. The van der Waals surface area contributed by atoms with Gasteiger partial charge in [-0.1, -0.05) is 46.0 Å². The van der Waals surface area contributed by atoms with Gasteiger partial charge in [0.05, 0.1) is 2.74 Å². The first-order valence-corrected chi connectivity index (χ1v) is 7.59. The van der Waals surface area contributed by atoms with Gasteiger partial charge in [0.2, 0.25) is 0 Å². The van der Waals surface area contributed by atoms with Crippen LogP contribution in [0.3, 0.4) is 0 Å². The lowest BCUT2D eigenvalue weighted by Crippen LogP contribution is -2.47. The highest BCUT2D eigenvalue weighted by Gasteiger charge is 2.47. The largest absolute Gasteiger partial charge is 0.508 e. The van der Waals surface area contributed by atoms with Gasteiger partial charge in [0.25, 0.3) is 0 Å². The number of carbonyl (C=O) groups excluding carboxylic acids is 1. The molecule has 2 aliphatic rings. The SMILES string of the molecule is [2H]c1c(O)c2c(c([2H])c1C(C([2H])([2H])[2H])(C([2H])([2H])[2H])C([2H])([2H])C([2H])([2H])C([2H])([2H])C([2H])([2H])C([2H])([2H])C([2H])([2H])[2H])OC(C)(C)[C@]1([2H])C([2H])([2H])C([2H])([2H])C(=O)C([2H])([2H])[C@@]21[2H]. The highest BCUT2D eigenvalue weighted by molar-refractivity contribution is 5.81. The van der Waals surface area contributed by atoms with Crippen LogP contribution in [0.5, 0.6) is 11.5 Å². The standard InChI is InChI=1S/C24H36O3/c1-6-7-8-9-12-23(2,3)16-13-20(26)22-18-15-17(25)10-11-19(18)24(4,5)27-21(22)14-16/h13-14,18-19,26H,6-12,15H2,1-5H3/t18-,19-/m1/s1/i1D3,2D3,3D3,6D2,7D2,8D2,9D2,10D2,11D2,12D2,13D,14D,15D2,18D,19D. The smallest absolute Gasteiger partial charge is 0.133 e. The molecule has 0 aromatic heterocycles. The number of phenols is 1. The van der Waals surface area contributed by atoms with E-state index in [9.17, 15) is 12.6 Å². The number of phenolic OH excluding ortho intramolecular Hbond substituents is 1. The molecule has 1 heterocycles. The van der Waals surface area contributed by atoms with Crippen LogP contribution in [0, 0.1) is 5.89 Å². The van der Waals surface area contributed by atoms with Crippen molar-refractivity contribution in [2.45, 2.75) is 102 Å². The number of aromatic hydroxyl groups is 1. The number of fused-ring (bicyclic) bond motifs is 3. The third-order valence-corrected chi connectivity index (χ3v) is 3.76. The summed E-state index contributed by atoms with van der Waals surface area (Å²) in [5.74, 6) is -13.8. The summed E-state index contributed by atoms with van der Waals surface area (Å²) in [6, 6.07) is -4.05. The van der Waals surface area contributed by atoms with Crippen LogP contribution in [-0.4, -0.2) is 16.5 Å². The first-order chi connectivity index (χ1) is 24.0. The Kier molecular flexibility index (Phi) is 1.33. The van der Waals surface area contributed by atoms with E-state index in [4.69, 9.17) is 41.7 Å². The maximum absolute atomic E-state index is 13.3. The minimum absolute atomic E-state index is 0.699. The third kappa shape index (κ3) is 4.02. The molecule has 1 aromatic carbocycles. The molecule has 3 nitrogen and oxygen atoms in total. The van der Waals surface area contributed by atoms with Crippen molar-refractivity contribution in [3.63, 3.8) is 0 Å². The van der Waals surface area contributed by atoms with Crippen molar-refractivity contribution in [3.05, 3.63) is 23.2 Å². The second-order valence-corrected chi connectivity index (χ2v) is 6.12. The number of benzene rings is 1. The van der Waals surface area contributed by atoms with E-state index >= 15 is 0 Å². The summed E-state index contributed by atoms with van der Waals surface area (Å²) >= 11 is 0. The maximum Gasteiger partial charge on any atom is 0.133 e. The van der Waals surface area contributed by atoms with Crippen LogP contribution in [-0.2, 0) is 10.2 Å².